The molecule has 0 saturated heterocycles. The fourth-order valence-electron chi connectivity index (χ4n) is 1.58. The highest BCUT2D eigenvalue weighted by Gasteiger charge is 2.09. The fourth-order valence-corrected chi connectivity index (χ4v) is 1.58. The Balaban J connectivity index is 2.67. The van der Waals surface area contributed by atoms with Gasteiger partial charge in [0.2, 0.25) is 5.91 Å². The lowest BCUT2D eigenvalue weighted by Crippen LogP contribution is -2.31. The summed E-state index contributed by atoms with van der Waals surface area (Å²) < 4.78 is 0. The molecule has 0 radical (unpaired) electrons. The summed E-state index contributed by atoms with van der Waals surface area (Å²) in [6, 6.07) is 11.1. The van der Waals surface area contributed by atoms with Crippen LogP contribution in [0.2, 0.25) is 0 Å². The number of anilines is 1. The first-order valence-electron chi connectivity index (χ1n) is 6.24. The van der Waals surface area contributed by atoms with Crippen molar-refractivity contribution in [2.45, 2.75) is 12.8 Å². The predicted molar refractivity (Wildman–Crippen MR) is 76.9 cm³/mol. The second-order valence-corrected chi connectivity index (χ2v) is 4.14. The van der Waals surface area contributed by atoms with Crippen molar-refractivity contribution in [3.8, 4) is 12.1 Å². The van der Waals surface area contributed by atoms with Crippen LogP contribution in [0.3, 0.4) is 0 Å². The van der Waals surface area contributed by atoms with Crippen LogP contribution in [0.15, 0.2) is 30.3 Å². The summed E-state index contributed by atoms with van der Waals surface area (Å²) in [6.45, 7) is 0.673. The minimum absolute atomic E-state index is 0.202. The minimum Gasteiger partial charge on any atom is -0.399 e. The van der Waals surface area contributed by atoms with Crippen LogP contribution in [0.25, 0.3) is 6.08 Å². The van der Waals surface area contributed by atoms with E-state index in [1.807, 2.05) is 24.3 Å². The molecule has 5 nitrogen and oxygen atoms in total. The Morgan fingerprint density at radius 2 is 1.70 bits per heavy atom. The third-order valence-corrected chi connectivity index (χ3v) is 2.65. The summed E-state index contributed by atoms with van der Waals surface area (Å²) in [5.41, 5.74) is 7.11. The molecule has 2 N–H and O–H groups in total. The number of nitrogen functional groups attached to an aromatic ring is 1. The molecular weight excluding hydrogens is 252 g/mol. The van der Waals surface area contributed by atoms with Crippen molar-refractivity contribution in [1.82, 2.24) is 4.90 Å². The normalized spacial score (nSPS) is 9.90. The number of hydrogen-bond donors (Lipinski definition) is 1. The molecule has 20 heavy (non-hydrogen) atoms. The number of carbonyl (C=O) groups excluding carboxylic acids is 1. The van der Waals surface area contributed by atoms with E-state index in [9.17, 15) is 4.79 Å². The van der Waals surface area contributed by atoms with Gasteiger partial charge in [-0.05, 0) is 23.8 Å². The number of amides is 1. The number of benzene rings is 1. The lowest BCUT2D eigenvalue weighted by Gasteiger charge is -2.18. The van der Waals surface area contributed by atoms with Gasteiger partial charge >= 0.3 is 0 Å². The molecule has 0 aliphatic carbocycles. The largest absolute Gasteiger partial charge is 0.399 e. The van der Waals surface area contributed by atoms with Gasteiger partial charge in [0.25, 0.3) is 0 Å². The van der Waals surface area contributed by atoms with Gasteiger partial charge in [0.1, 0.15) is 0 Å². The monoisotopic (exact) mass is 268 g/mol. The average molecular weight is 268 g/mol. The van der Waals surface area contributed by atoms with Crippen molar-refractivity contribution in [3.63, 3.8) is 0 Å². The number of rotatable bonds is 6. The first-order valence-corrected chi connectivity index (χ1v) is 6.24. The van der Waals surface area contributed by atoms with Crippen LogP contribution in [-0.4, -0.2) is 23.9 Å². The molecule has 0 fully saturated rings. The molecule has 0 bridgehead atoms. The van der Waals surface area contributed by atoms with Crippen LogP contribution < -0.4 is 5.73 Å². The van der Waals surface area contributed by atoms with Gasteiger partial charge in [-0.3, -0.25) is 4.79 Å². The molecule has 1 amide bonds. The Labute approximate surface area is 118 Å². The molecule has 0 aromatic heterocycles. The Hall–Kier alpha value is -2.79. The van der Waals surface area contributed by atoms with E-state index >= 15 is 0 Å². The molecule has 0 saturated carbocycles. The second kappa shape index (κ2) is 8.34. The second-order valence-electron chi connectivity index (χ2n) is 4.14. The molecular formula is C15H16N4O. The standard InChI is InChI=1S/C15H16N4O/c16-9-1-11-19(12-2-10-17)15(20)8-5-13-3-6-14(18)7-4-13/h3-8H,1-2,11-12,18H2/b8-5+. The summed E-state index contributed by atoms with van der Waals surface area (Å²) in [5, 5.41) is 17.1. The Morgan fingerprint density at radius 1 is 1.15 bits per heavy atom. The van der Waals surface area contributed by atoms with E-state index in [1.54, 1.807) is 18.2 Å². The molecule has 0 unspecified atom stereocenters. The van der Waals surface area contributed by atoms with Gasteiger partial charge in [0.15, 0.2) is 0 Å². The number of hydrogen-bond acceptors (Lipinski definition) is 4. The summed E-state index contributed by atoms with van der Waals surface area (Å²) >= 11 is 0. The number of nitrogens with two attached hydrogens (primary N) is 1. The zero-order chi connectivity index (χ0) is 14.8. The van der Waals surface area contributed by atoms with E-state index in [4.69, 9.17) is 16.3 Å². The molecule has 1 rings (SSSR count). The SMILES string of the molecule is N#CCCN(CCC#N)C(=O)/C=C/c1ccc(N)cc1. The highest BCUT2D eigenvalue weighted by atomic mass is 16.2. The fraction of sp³-hybridized carbons (Fsp3) is 0.267. The maximum Gasteiger partial charge on any atom is 0.246 e. The van der Waals surface area contributed by atoms with E-state index < -0.39 is 0 Å². The van der Waals surface area contributed by atoms with Crippen LogP contribution in [-0.2, 0) is 4.79 Å². The molecule has 5 heteroatoms. The molecule has 0 atom stereocenters. The van der Waals surface area contributed by atoms with Crippen molar-refractivity contribution in [2.24, 2.45) is 0 Å². The summed E-state index contributed by atoms with van der Waals surface area (Å²) in [7, 11) is 0. The van der Waals surface area contributed by atoms with Crippen molar-refractivity contribution >= 4 is 17.7 Å². The molecule has 1 aromatic carbocycles. The first-order chi connectivity index (χ1) is 9.67. The number of nitriles is 2. The quantitative estimate of drug-likeness (QED) is 0.630. The molecule has 1 aromatic rings. The highest BCUT2D eigenvalue weighted by Crippen LogP contribution is 2.07. The lowest BCUT2D eigenvalue weighted by molar-refractivity contribution is -0.125. The van der Waals surface area contributed by atoms with Crippen LogP contribution in [0.5, 0.6) is 0 Å². The Kier molecular flexibility index (Phi) is 6.36. The topological polar surface area (TPSA) is 93.9 Å². The summed E-state index contributed by atoms with van der Waals surface area (Å²) in [5.74, 6) is -0.202. The van der Waals surface area contributed by atoms with E-state index in [0.717, 1.165) is 5.56 Å². The smallest absolute Gasteiger partial charge is 0.246 e. The average Bonchev–Trinajstić information content (AvgIpc) is 2.46. The van der Waals surface area contributed by atoms with Gasteiger partial charge in [0.05, 0.1) is 25.0 Å². The molecule has 0 aliphatic rings. The molecule has 102 valence electrons. The lowest BCUT2D eigenvalue weighted by atomic mass is 10.2. The third kappa shape index (κ3) is 5.24. The van der Waals surface area contributed by atoms with E-state index in [1.165, 1.54) is 11.0 Å². The maximum atomic E-state index is 12.0. The zero-order valence-corrected chi connectivity index (χ0v) is 11.1. The molecule has 0 spiro atoms. The third-order valence-electron chi connectivity index (χ3n) is 2.65. The van der Waals surface area contributed by atoms with E-state index in [-0.39, 0.29) is 18.7 Å². The predicted octanol–water partition coefficient (Wildman–Crippen LogP) is 1.94. The van der Waals surface area contributed by atoms with Gasteiger partial charge < -0.3 is 10.6 Å². The highest BCUT2D eigenvalue weighted by molar-refractivity contribution is 5.91. The van der Waals surface area contributed by atoms with Crippen LogP contribution in [0.1, 0.15) is 18.4 Å². The van der Waals surface area contributed by atoms with Crippen LogP contribution >= 0.6 is 0 Å². The Morgan fingerprint density at radius 3 is 2.20 bits per heavy atom. The first kappa shape index (κ1) is 15.3. The van der Waals surface area contributed by atoms with Crippen molar-refractivity contribution in [2.75, 3.05) is 18.8 Å². The van der Waals surface area contributed by atoms with Gasteiger partial charge in [-0.1, -0.05) is 12.1 Å². The zero-order valence-electron chi connectivity index (χ0n) is 11.1. The van der Waals surface area contributed by atoms with Gasteiger partial charge in [0, 0.05) is 24.9 Å². The summed E-state index contributed by atoms with van der Waals surface area (Å²) in [6.07, 6.45) is 3.65. The van der Waals surface area contributed by atoms with Gasteiger partial charge in [-0.25, -0.2) is 0 Å². The summed E-state index contributed by atoms with van der Waals surface area (Å²) in [4.78, 5) is 13.5. The van der Waals surface area contributed by atoms with Crippen LogP contribution in [0, 0.1) is 22.7 Å². The minimum atomic E-state index is -0.202. The molecule has 0 aliphatic heterocycles. The van der Waals surface area contributed by atoms with Crippen molar-refractivity contribution in [1.29, 1.82) is 10.5 Å². The maximum absolute atomic E-state index is 12.0. The van der Waals surface area contributed by atoms with Gasteiger partial charge in [-0.2, -0.15) is 10.5 Å². The number of nitrogens with zero attached hydrogens (tertiary/aromatic N) is 3. The number of carbonyl (C=O) groups is 1. The van der Waals surface area contributed by atoms with Crippen LogP contribution in [0.4, 0.5) is 5.69 Å². The Bertz CT molecular complexity index is 531. The van der Waals surface area contributed by atoms with Crippen molar-refractivity contribution in [3.05, 3.63) is 35.9 Å². The van der Waals surface area contributed by atoms with E-state index in [2.05, 4.69) is 0 Å². The van der Waals surface area contributed by atoms with E-state index in [0.29, 0.717) is 18.8 Å². The molecule has 0 heterocycles. The van der Waals surface area contributed by atoms with Crippen molar-refractivity contribution < 1.29 is 4.79 Å². The van der Waals surface area contributed by atoms with Gasteiger partial charge in [-0.15, -0.1) is 0 Å².